The number of halogens is 4. The van der Waals surface area contributed by atoms with E-state index in [0.717, 1.165) is 11.6 Å². The molecule has 0 heterocycles. The summed E-state index contributed by atoms with van der Waals surface area (Å²) < 4.78 is 39.3. The van der Waals surface area contributed by atoms with Crippen LogP contribution in [-0.4, -0.2) is 0 Å². The van der Waals surface area contributed by atoms with Gasteiger partial charge in [0.2, 0.25) is 0 Å². The van der Waals surface area contributed by atoms with E-state index in [1.807, 2.05) is 0 Å². The van der Waals surface area contributed by atoms with E-state index in [2.05, 4.69) is 21.2 Å². The molecule has 0 bridgehead atoms. The third-order valence-corrected chi connectivity index (χ3v) is 3.25. The Balaban J connectivity index is 2.32. The molecule has 3 N–H and O–H groups in total. The van der Waals surface area contributed by atoms with Gasteiger partial charge in [-0.3, -0.25) is 0 Å². The minimum absolute atomic E-state index is 0.0150. The molecule has 6 heteroatoms. The predicted octanol–water partition coefficient (Wildman–Crippen LogP) is 4.67. The number of anilines is 2. The molecule has 0 fully saturated rings. The molecule has 0 aliphatic carbocycles. The Hall–Kier alpha value is -1.53. The minimum atomic E-state index is -4.41. The molecule has 2 nitrogen and oxygen atoms in total. The summed E-state index contributed by atoms with van der Waals surface area (Å²) in [4.78, 5) is 0. The van der Waals surface area contributed by atoms with E-state index in [0.29, 0.717) is 16.7 Å². The van der Waals surface area contributed by atoms with E-state index in [1.54, 1.807) is 30.3 Å². The molecule has 2 rings (SSSR count). The molecular weight excluding hydrogens is 333 g/mol. The average molecular weight is 345 g/mol. The zero-order valence-electron chi connectivity index (χ0n) is 10.3. The van der Waals surface area contributed by atoms with Crippen molar-refractivity contribution in [2.24, 2.45) is 5.73 Å². The summed E-state index contributed by atoms with van der Waals surface area (Å²) in [5.41, 5.74) is 6.28. The molecule has 0 saturated heterocycles. The van der Waals surface area contributed by atoms with Crippen molar-refractivity contribution >= 4 is 27.3 Å². The van der Waals surface area contributed by atoms with E-state index in [-0.39, 0.29) is 5.69 Å². The SMILES string of the molecule is NCc1ccc(Nc2ccc(Br)cc2C(F)(F)F)cc1. The van der Waals surface area contributed by atoms with Crippen molar-refractivity contribution in [3.8, 4) is 0 Å². The molecule has 20 heavy (non-hydrogen) atoms. The van der Waals surface area contributed by atoms with Crippen LogP contribution in [0.1, 0.15) is 11.1 Å². The van der Waals surface area contributed by atoms with Crippen LogP contribution in [0.2, 0.25) is 0 Å². The Bertz CT molecular complexity index is 594. The lowest BCUT2D eigenvalue weighted by molar-refractivity contribution is -0.137. The number of benzene rings is 2. The second-order valence-electron chi connectivity index (χ2n) is 4.21. The number of rotatable bonds is 3. The van der Waals surface area contributed by atoms with Crippen LogP contribution in [0.5, 0.6) is 0 Å². The molecule has 0 spiro atoms. The third kappa shape index (κ3) is 3.52. The molecule has 0 aliphatic heterocycles. The smallest absolute Gasteiger partial charge is 0.355 e. The highest BCUT2D eigenvalue weighted by Crippen LogP contribution is 2.37. The summed E-state index contributed by atoms with van der Waals surface area (Å²) in [6.45, 7) is 0.395. The summed E-state index contributed by atoms with van der Waals surface area (Å²) in [6, 6.07) is 10.9. The molecule has 0 atom stereocenters. The number of hydrogen-bond donors (Lipinski definition) is 2. The Labute approximate surface area is 122 Å². The van der Waals surface area contributed by atoms with Gasteiger partial charge in [-0.05, 0) is 35.9 Å². The highest BCUT2D eigenvalue weighted by molar-refractivity contribution is 9.10. The molecule has 0 saturated carbocycles. The molecular formula is C14H12BrF3N2. The first kappa shape index (κ1) is 14.9. The maximum Gasteiger partial charge on any atom is 0.418 e. The van der Waals surface area contributed by atoms with Crippen molar-refractivity contribution in [2.75, 3.05) is 5.32 Å². The lowest BCUT2D eigenvalue weighted by atomic mass is 10.1. The Morgan fingerprint density at radius 2 is 1.70 bits per heavy atom. The molecule has 0 radical (unpaired) electrons. The van der Waals surface area contributed by atoms with Gasteiger partial charge in [0, 0.05) is 16.7 Å². The van der Waals surface area contributed by atoms with Crippen molar-refractivity contribution < 1.29 is 13.2 Å². The largest absolute Gasteiger partial charge is 0.418 e. The fourth-order valence-electron chi connectivity index (χ4n) is 1.74. The molecule has 106 valence electrons. The topological polar surface area (TPSA) is 38.0 Å². The molecule has 2 aromatic carbocycles. The molecule has 0 amide bonds. The van der Waals surface area contributed by atoms with E-state index in [9.17, 15) is 13.2 Å². The van der Waals surface area contributed by atoms with Gasteiger partial charge in [-0.25, -0.2) is 0 Å². The maximum atomic E-state index is 13.0. The zero-order chi connectivity index (χ0) is 14.8. The van der Waals surface area contributed by atoms with Crippen molar-refractivity contribution in [1.29, 1.82) is 0 Å². The monoisotopic (exact) mass is 344 g/mol. The maximum absolute atomic E-state index is 13.0. The van der Waals surface area contributed by atoms with Crippen LogP contribution in [0.25, 0.3) is 0 Å². The first-order valence-corrected chi connectivity index (χ1v) is 6.62. The quantitative estimate of drug-likeness (QED) is 0.848. The van der Waals surface area contributed by atoms with Crippen LogP contribution < -0.4 is 11.1 Å². The van der Waals surface area contributed by atoms with Gasteiger partial charge in [-0.15, -0.1) is 0 Å². The van der Waals surface area contributed by atoms with Crippen molar-refractivity contribution in [2.45, 2.75) is 12.7 Å². The number of nitrogens with two attached hydrogens (primary N) is 1. The summed E-state index contributed by atoms with van der Waals surface area (Å²) in [5.74, 6) is 0. The van der Waals surface area contributed by atoms with Crippen LogP contribution in [0.4, 0.5) is 24.5 Å². The first-order chi connectivity index (χ1) is 9.40. The fraction of sp³-hybridized carbons (Fsp3) is 0.143. The molecule has 0 unspecified atom stereocenters. The third-order valence-electron chi connectivity index (χ3n) is 2.76. The lowest BCUT2D eigenvalue weighted by Gasteiger charge is -2.15. The van der Waals surface area contributed by atoms with Gasteiger partial charge in [0.1, 0.15) is 0 Å². The van der Waals surface area contributed by atoms with E-state index < -0.39 is 11.7 Å². The Kier molecular flexibility index (Phi) is 4.35. The minimum Gasteiger partial charge on any atom is -0.355 e. The van der Waals surface area contributed by atoms with Crippen LogP contribution >= 0.6 is 15.9 Å². The summed E-state index contributed by atoms with van der Waals surface area (Å²) >= 11 is 3.05. The molecule has 0 aromatic heterocycles. The van der Waals surface area contributed by atoms with Gasteiger partial charge in [0.05, 0.1) is 11.3 Å². The van der Waals surface area contributed by atoms with Gasteiger partial charge < -0.3 is 11.1 Å². The van der Waals surface area contributed by atoms with Gasteiger partial charge in [0.15, 0.2) is 0 Å². The zero-order valence-corrected chi connectivity index (χ0v) is 11.9. The van der Waals surface area contributed by atoms with Crippen molar-refractivity contribution in [3.63, 3.8) is 0 Å². The predicted molar refractivity (Wildman–Crippen MR) is 76.8 cm³/mol. The molecule has 2 aromatic rings. The number of alkyl halides is 3. The summed E-state index contributed by atoms with van der Waals surface area (Å²) in [5, 5.41) is 2.78. The van der Waals surface area contributed by atoms with Gasteiger partial charge in [-0.1, -0.05) is 28.1 Å². The normalized spacial score (nSPS) is 11.4. The van der Waals surface area contributed by atoms with Crippen LogP contribution in [0, 0.1) is 0 Å². The fourth-order valence-corrected chi connectivity index (χ4v) is 2.10. The van der Waals surface area contributed by atoms with E-state index >= 15 is 0 Å². The van der Waals surface area contributed by atoms with Crippen LogP contribution in [0.3, 0.4) is 0 Å². The Morgan fingerprint density at radius 3 is 2.25 bits per heavy atom. The second-order valence-corrected chi connectivity index (χ2v) is 5.13. The summed E-state index contributed by atoms with van der Waals surface area (Å²) in [7, 11) is 0. The lowest BCUT2D eigenvalue weighted by Crippen LogP contribution is -2.09. The number of hydrogen-bond acceptors (Lipinski definition) is 2. The van der Waals surface area contributed by atoms with Gasteiger partial charge in [0.25, 0.3) is 0 Å². The standard InChI is InChI=1S/C14H12BrF3N2/c15-10-3-6-13(12(7-10)14(16,17)18)20-11-4-1-9(8-19)2-5-11/h1-7,20H,8,19H2. The van der Waals surface area contributed by atoms with Crippen LogP contribution in [-0.2, 0) is 12.7 Å². The first-order valence-electron chi connectivity index (χ1n) is 5.83. The Morgan fingerprint density at radius 1 is 1.05 bits per heavy atom. The van der Waals surface area contributed by atoms with E-state index in [1.165, 1.54) is 6.07 Å². The van der Waals surface area contributed by atoms with E-state index in [4.69, 9.17) is 5.73 Å². The second kappa shape index (κ2) is 5.85. The van der Waals surface area contributed by atoms with Gasteiger partial charge >= 0.3 is 6.18 Å². The van der Waals surface area contributed by atoms with Crippen molar-refractivity contribution in [3.05, 3.63) is 58.1 Å². The van der Waals surface area contributed by atoms with Crippen LogP contribution in [0.15, 0.2) is 46.9 Å². The van der Waals surface area contributed by atoms with Crippen molar-refractivity contribution in [1.82, 2.24) is 0 Å². The summed E-state index contributed by atoms with van der Waals surface area (Å²) in [6.07, 6.45) is -4.41. The average Bonchev–Trinajstić information content (AvgIpc) is 2.40. The number of nitrogens with one attached hydrogen (secondary N) is 1. The molecule has 0 aliphatic rings. The van der Waals surface area contributed by atoms with Gasteiger partial charge in [-0.2, -0.15) is 13.2 Å². The highest BCUT2D eigenvalue weighted by Gasteiger charge is 2.33. The highest BCUT2D eigenvalue weighted by atomic mass is 79.9.